The van der Waals surface area contributed by atoms with Gasteiger partial charge in [0.1, 0.15) is 23.3 Å². The number of nitrogens with one attached hydrogen (secondary N) is 3. The molecule has 6 aliphatic rings. The summed E-state index contributed by atoms with van der Waals surface area (Å²) in [5, 5.41) is 7.98. The molecule has 2 unspecified atom stereocenters. The highest BCUT2D eigenvalue weighted by molar-refractivity contribution is 6.23. The van der Waals surface area contributed by atoms with Gasteiger partial charge >= 0.3 is 5.92 Å². The Balaban J connectivity index is 0.782. The summed E-state index contributed by atoms with van der Waals surface area (Å²) >= 11 is 0. The first kappa shape index (κ1) is 44.4. The van der Waals surface area contributed by atoms with Crippen LogP contribution in [0.2, 0.25) is 0 Å². The lowest BCUT2D eigenvalue weighted by molar-refractivity contribution is -0.140. The van der Waals surface area contributed by atoms with Gasteiger partial charge in [0.25, 0.3) is 23.6 Å². The van der Waals surface area contributed by atoms with Gasteiger partial charge in [-0.2, -0.15) is 13.8 Å². The zero-order chi connectivity index (χ0) is 46.6. The zero-order valence-corrected chi connectivity index (χ0v) is 36.4. The fourth-order valence-corrected chi connectivity index (χ4v) is 10.0. The Morgan fingerprint density at radius 1 is 0.939 bits per heavy atom. The Morgan fingerprint density at radius 3 is 2.41 bits per heavy atom. The second-order valence-corrected chi connectivity index (χ2v) is 17.8. The molecule has 0 spiro atoms. The molecule has 4 fully saturated rings. The molecule has 1 aliphatic carbocycles. The number of methoxy groups -OCH3 is 1. The van der Waals surface area contributed by atoms with Crippen molar-refractivity contribution in [1.29, 1.82) is 0 Å². The molecule has 1 saturated carbocycles. The highest BCUT2D eigenvalue weighted by atomic mass is 19.3. The zero-order valence-electron chi connectivity index (χ0n) is 36.4. The van der Waals surface area contributed by atoms with Crippen LogP contribution < -0.4 is 35.4 Å². The van der Waals surface area contributed by atoms with Gasteiger partial charge in [-0.25, -0.2) is 9.37 Å². The molecule has 66 heavy (non-hydrogen) atoms. The van der Waals surface area contributed by atoms with Crippen molar-refractivity contribution in [3.63, 3.8) is 0 Å². The SMILES string of the molecule is COc1cc(C(=O)NC2CCN(C(=O)CC3CCN(c4ccc5c(c4)C(=O)N(C4CCC(=O)NC4=O)C5=O)C3)CC2)c(F)cc1Nc1ncc2c(n1)N(C1CCCC1)CC(F)(F)C(=O)N2C. The largest absolute Gasteiger partial charge is 0.495 e. The Morgan fingerprint density at radius 2 is 1.68 bits per heavy atom. The molecule has 18 nitrogen and oxygen atoms in total. The molecular formula is C45H49F3N10O8. The minimum absolute atomic E-state index is 0.0248. The number of benzene rings is 2. The Bertz CT molecular complexity index is 2530. The lowest BCUT2D eigenvalue weighted by atomic mass is 10.0. The van der Waals surface area contributed by atoms with E-state index in [-0.39, 0.29) is 82.3 Å². The van der Waals surface area contributed by atoms with Crippen molar-refractivity contribution in [2.75, 3.05) is 66.9 Å². The number of anilines is 5. The van der Waals surface area contributed by atoms with Crippen LogP contribution in [0, 0.1) is 11.7 Å². The minimum atomic E-state index is -3.65. The van der Waals surface area contributed by atoms with E-state index in [1.54, 1.807) is 23.1 Å². The minimum Gasteiger partial charge on any atom is -0.495 e. The van der Waals surface area contributed by atoms with Crippen molar-refractivity contribution in [3.8, 4) is 5.75 Å². The fraction of sp³-hybridized carbons (Fsp3) is 0.489. The molecule has 7 amide bonds. The Labute approximate surface area is 377 Å². The third-order valence-electron chi connectivity index (χ3n) is 13.6. The molecule has 5 aliphatic heterocycles. The molecule has 3 N–H and O–H groups in total. The van der Waals surface area contributed by atoms with Crippen LogP contribution in [0.15, 0.2) is 36.5 Å². The first-order valence-electron chi connectivity index (χ1n) is 22.2. The molecule has 2 atom stereocenters. The number of carbonyl (C=O) groups is 7. The number of hydrogen-bond donors (Lipinski definition) is 3. The van der Waals surface area contributed by atoms with Crippen molar-refractivity contribution in [2.45, 2.75) is 88.3 Å². The molecule has 0 bridgehead atoms. The number of piperidine rings is 2. The predicted molar refractivity (Wildman–Crippen MR) is 231 cm³/mol. The molecule has 3 saturated heterocycles. The summed E-state index contributed by atoms with van der Waals surface area (Å²) in [5.41, 5.74) is 1.04. The average Bonchev–Trinajstić information content (AvgIpc) is 4.05. The first-order chi connectivity index (χ1) is 31.6. The van der Waals surface area contributed by atoms with Crippen LogP contribution >= 0.6 is 0 Å². The van der Waals surface area contributed by atoms with Gasteiger partial charge < -0.3 is 35.0 Å². The van der Waals surface area contributed by atoms with Crippen LogP contribution in [0.4, 0.5) is 42.0 Å². The van der Waals surface area contributed by atoms with E-state index in [0.717, 1.165) is 40.8 Å². The summed E-state index contributed by atoms with van der Waals surface area (Å²) in [7, 11) is 2.59. The number of carbonyl (C=O) groups excluding carboxylic acids is 7. The number of imide groups is 2. The van der Waals surface area contributed by atoms with Gasteiger partial charge in [-0.15, -0.1) is 0 Å². The maximum atomic E-state index is 15.7. The van der Waals surface area contributed by atoms with Crippen LogP contribution in [0.3, 0.4) is 0 Å². The number of aromatic nitrogens is 2. The van der Waals surface area contributed by atoms with Gasteiger partial charge in [-0.05, 0) is 68.7 Å². The van der Waals surface area contributed by atoms with Crippen LogP contribution in [0.5, 0.6) is 5.75 Å². The molecule has 1 aromatic heterocycles. The smallest absolute Gasteiger partial charge is 0.342 e. The highest BCUT2D eigenvalue weighted by Gasteiger charge is 2.49. The van der Waals surface area contributed by atoms with E-state index in [1.807, 2.05) is 0 Å². The van der Waals surface area contributed by atoms with Crippen molar-refractivity contribution < 1.29 is 51.5 Å². The van der Waals surface area contributed by atoms with E-state index in [9.17, 15) is 33.6 Å². The number of halogens is 3. The summed E-state index contributed by atoms with van der Waals surface area (Å²) in [6, 6.07) is 5.65. The summed E-state index contributed by atoms with van der Waals surface area (Å²) in [6.45, 7) is 1.13. The summed E-state index contributed by atoms with van der Waals surface area (Å²) in [6.07, 6.45) is 6.33. The standard InChI is InChI=1S/C45H49F3N10O8/c1-54-34-21-49-44(53-38(34)57(26-5-3-4-6-26)23-45(47,48)43(54)65)51-32-20-31(46)30(19-35(32)66-2)39(61)50-25-12-15-55(16-13-25)37(60)17-24-11-14-56(22-24)27-7-8-28-29(18-27)42(64)58(41(28)63)33-9-10-36(59)52-40(33)62/h7-8,18-21,24-26,33H,3-6,9-17,22-23H2,1-2H3,(H,50,61)(H,49,51,53)(H,52,59,62). The topological polar surface area (TPSA) is 207 Å². The predicted octanol–water partition coefficient (Wildman–Crippen LogP) is 3.77. The third kappa shape index (κ3) is 8.34. The van der Waals surface area contributed by atoms with E-state index in [1.165, 1.54) is 31.3 Å². The van der Waals surface area contributed by atoms with Gasteiger partial charge in [0.15, 0.2) is 5.82 Å². The lowest BCUT2D eigenvalue weighted by Gasteiger charge is -2.33. The van der Waals surface area contributed by atoms with Crippen LogP contribution in [-0.4, -0.2) is 132 Å². The number of alkyl halides is 2. The number of likely N-dealkylation sites (tertiary alicyclic amines) is 1. The normalized spacial score (nSPS) is 22.4. The Hall–Kier alpha value is -6.80. The van der Waals surface area contributed by atoms with E-state index in [2.05, 4.69) is 30.8 Å². The monoisotopic (exact) mass is 914 g/mol. The molecule has 6 heterocycles. The quantitative estimate of drug-likeness (QED) is 0.248. The molecule has 3 aromatic rings. The molecule has 2 aromatic carbocycles. The average molecular weight is 915 g/mol. The number of hydrogen-bond acceptors (Lipinski definition) is 13. The van der Waals surface area contributed by atoms with Gasteiger partial charge in [0.05, 0.1) is 42.2 Å². The second kappa shape index (κ2) is 17.5. The van der Waals surface area contributed by atoms with Crippen molar-refractivity contribution in [2.24, 2.45) is 5.92 Å². The highest BCUT2D eigenvalue weighted by Crippen LogP contribution is 2.41. The van der Waals surface area contributed by atoms with E-state index in [0.29, 0.717) is 58.3 Å². The van der Waals surface area contributed by atoms with Crippen molar-refractivity contribution in [3.05, 3.63) is 59.0 Å². The van der Waals surface area contributed by atoms with E-state index >= 15 is 13.2 Å². The van der Waals surface area contributed by atoms with Gasteiger partial charge in [0.2, 0.25) is 23.7 Å². The lowest BCUT2D eigenvalue weighted by Crippen LogP contribution is -2.54. The Kier molecular flexibility index (Phi) is 11.8. The number of amides is 7. The van der Waals surface area contributed by atoms with Crippen molar-refractivity contribution in [1.82, 2.24) is 30.4 Å². The van der Waals surface area contributed by atoms with Crippen LogP contribution in [0.1, 0.15) is 95.3 Å². The number of rotatable bonds is 10. The number of fused-ring (bicyclic) bond motifs is 2. The molecule has 9 rings (SSSR count). The number of nitrogens with zero attached hydrogens (tertiary/aromatic N) is 7. The van der Waals surface area contributed by atoms with Gasteiger partial charge in [-0.1, -0.05) is 12.8 Å². The fourth-order valence-electron chi connectivity index (χ4n) is 10.0. The van der Waals surface area contributed by atoms with E-state index in [4.69, 9.17) is 4.74 Å². The van der Waals surface area contributed by atoms with Crippen LogP contribution in [-0.2, 0) is 19.2 Å². The van der Waals surface area contributed by atoms with Crippen molar-refractivity contribution >= 4 is 70.2 Å². The van der Waals surface area contributed by atoms with Gasteiger partial charge in [-0.3, -0.25) is 43.8 Å². The molecular weight excluding hydrogens is 866 g/mol. The summed E-state index contributed by atoms with van der Waals surface area (Å²) in [4.78, 5) is 106. The van der Waals surface area contributed by atoms with E-state index < -0.39 is 59.8 Å². The maximum absolute atomic E-state index is 15.7. The second-order valence-electron chi connectivity index (χ2n) is 17.8. The summed E-state index contributed by atoms with van der Waals surface area (Å²) in [5.74, 6) is -8.63. The molecule has 21 heteroatoms. The molecule has 348 valence electrons. The third-order valence-corrected chi connectivity index (χ3v) is 13.6. The molecule has 0 radical (unpaired) electrons. The van der Waals surface area contributed by atoms with Gasteiger partial charge in [0, 0.05) is 69.9 Å². The first-order valence-corrected chi connectivity index (χ1v) is 22.2. The van der Waals surface area contributed by atoms with Crippen LogP contribution in [0.25, 0.3) is 0 Å². The maximum Gasteiger partial charge on any atom is 0.342 e. The summed E-state index contributed by atoms with van der Waals surface area (Å²) < 4.78 is 51.3. The number of ether oxygens (including phenoxy) is 1.